The van der Waals surface area contributed by atoms with E-state index in [1.54, 1.807) is 6.07 Å². The molecule has 4 heteroatoms. The minimum absolute atomic E-state index is 0.0558. The Morgan fingerprint density at radius 1 is 1.04 bits per heavy atom. The first-order chi connectivity index (χ1) is 11.3. The van der Waals surface area contributed by atoms with Crippen molar-refractivity contribution in [2.24, 2.45) is 0 Å². The van der Waals surface area contributed by atoms with E-state index in [1.165, 1.54) is 11.1 Å². The molecule has 2 aromatic carbocycles. The van der Waals surface area contributed by atoms with Crippen LogP contribution >= 0.6 is 0 Å². The van der Waals surface area contributed by atoms with Gasteiger partial charge in [0.1, 0.15) is 5.82 Å². The highest BCUT2D eigenvalue weighted by Crippen LogP contribution is 2.45. The highest BCUT2D eigenvalue weighted by atomic mass is 19.1. The first-order valence-corrected chi connectivity index (χ1v) is 8.27. The van der Waals surface area contributed by atoms with Crippen LogP contribution < -0.4 is 14.4 Å². The normalized spacial score (nSPS) is 21.3. The Morgan fingerprint density at radius 2 is 1.96 bits per heavy atom. The molecule has 3 aliphatic rings. The highest BCUT2D eigenvalue weighted by molar-refractivity contribution is 5.66. The van der Waals surface area contributed by atoms with Gasteiger partial charge >= 0.3 is 0 Å². The second-order valence-electron chi connectivity index (χ2n) is 6.51. The summed E-state index contributed by atoms with van der Waals surface area (Å²) in [5.74, 6) is 1.88. The van der Waals surface area contributed by atoms with Crippen molar-refractivity contribution in [3.05, 3.63) is 52.8 Å². The first-order valence-electron chi connectivity index (χ1n) is 8.27. The van der Waals surface area contributed by atoms with Gasteiger partial charge in [0.15, 0.2) is 11.5 Å². The number of hydrogen-bond acceptors (Lipinski definition) is 3. The van der Waals surface area contributed by atoms with E-state index < -0.39 is 0 Å². The van der Waals surface area contributed by atoms with Crippen LogP contribution in [0.2, 0.25) is 0 Å². The fourth-order valence-corrected chi connectivity index (χ4v) is 4.22. The Balaban J connectivity index is 1.63. The molecule has 3 heterocycles. The molecule has 118 valence electrons. The first kappa shape index (κ1) is 13.2. The maximum absolute atomic E-state index is 14.2. The van der Waals surface area contributed by atoms with E-state index in [1.807, 2.05) is 12.1 Å². The summed E-state index contributed by atoms with van der Waals surface area (Å²) in [5, 5.41) is 0. The predicted octanol–water partition coefficient (Wildman–Crippen LogP) is 3.84. The molecule has 2 aromatic rings. The summed E-state index contributed by atoms with van der Waals surface area (Å²) in [6.45, 7) is 2.32. The number of hydrogen-bond donors (Lipinski definition) is 0. The van der Waals surface area contributed by atoms with Gasteiger partial charge < -0.3 is 14.4 Å². The summed E-state index contributed by atoms with van der Waals surface area (Å²) in [5.41, 5.74) is 4.53. The highest BCUT2D eigenvalue weighted by Gasteiger charge is 2.32. The molecule has 0 amide bonds. The maximum atomic E-state index is 14.2. The molecule has 0 fully saturated rings. The number of nitrogens with zero attached hydrogens (tertiary/aromatic N) is 1. The molecule has 23 heavy (non-hydrogen) atoms. The van der Waals surface area contributed by atoms with Crippen LogP contribution in [0.1, 0.15) is 35.4 Å². The standard InChI is InChI=1S/C19H18FNO2/c20-16-5-4-14-13(7-9-21-8-1-2-15(16)19(14)21)12-3-6-17-18(10-12)23-11-22-17/h3-6,10,13H,1-2,7-9,11H2. The quantitative estimate of drug-likeness (QED) is 0.798. The average molecular weight is 311 g/mol. The third-order valence-corrected chi connectivity index (χ3v) is 5.29. The van der Waals surface area contributed by atoms with Gasteiger partial charge in [-0.15, -0.1) is 0 Å². The van der Waals surface area contributed by atoms with E-state index in [0.717, 1.165) is 55.1 Å². The zero-order valence-electron chi connectivity index (χ0n) is 12.8. The van der Waals surface area contributed by atoms with Gasteiger partial charge in [-0.1, -0.05) is 12.1 Å². The Labute approximate surface area is 134 Å². The molecular weight excluding hydrogens is 293 g/mol. The molecular formula is C19H18FNO2. The lowest BCUT2D eigenvalue weighted by Crippen LogP contribution is -2.36. The summed E-state index contributed by atoms with van der Waals surface area (Å²) in [4.78, 5) is 2.36. The second kappa shape index (κ2) is 4.88. The lowest BCUT2D eigenvalue weighted by molar-refractivity contribution is 0.174. The molecule has 0 saturated carbocycles. The molecule has 1 atom stereocenters. The van der Waals surface area contributed by atoms with Gasteiger partial charge in [0.05, 0.1) is 0 Å². The summed E-state index contributed by atoms with van der Waals surface area (Å²) in [7, 11) is 0. The van der Waals surface area contributed by atoms with Gasteiger partial charge in [0.25, 0.3) is 0 Å². The Morgan fingerprint density at radius 3 is 2.91 bits per heavy atom. The zero-order valence-corrected chi connectivity index (χ0v) is 12.8. The topological polar surface area (TPSA) is 21.7 Å². The Hall–Kier alpha value is -2.23. The van der Waals surface area contributed by atoms with Crippen LogP contribution in [0.15, 0.2) is 30.3 Å². The van der Waals surface area contributed by atoms with Crippen LogP contribution in [0.25, 0.3) is 0 Å². The molecule has 0 radical (unpaired) electrons. The lowest BCUT2D eigenvalue weighted by Gasteiger charge is -2.40. The van der Waals surface area contributed by atoms with Crippen LogP contribution in [0.5, 0.6) is 11.5 Å². The van der Waals surface area contributed by atoms with Crippen LogP contribution in [0, 0.1) is 5.82 Å². The minimum atomic E-state index is -0.0558. The molecule has 1 unspecified atom stereocenters. The van der Waals surface area contributed by atoms with Crippen LogP contribution in [0.4, 0.5) is 10.1 Å². The van der Waals surface area contributed by atoms with Crippen molar-refractivity contribution in [2.45, 2.75) is 25.2 Å². The van der Waals surface area contributed by atoms with Crippen molar-refractivity contribution in [2.75, 3.05) is 24.8 Å². The summed E-state index contributed by atoms with van der Waals surface area (Å²) < 4.78 is 25.2. The van der Waals surface area contributed by atoms with E-state index in [2.05, 4.69) is 17.0 Å². The van der Waals surface area contributed by atoms with Gasteiger partial charge in [0.2, 0.25) is 6.79 Å². The maximum Gasteiger partial charge on any atom is 0.231 e. The smallest absolute Gasteiger partial charge is 0.231 e. The van der Waals surface area contributed by atoms with Crippen LogP contribution in [-0.2, 0) is 6.42 Å². The molecule has 0 aliphatic carbocycles. The molecule has 0 N–H and O–H groups in total. The third-order valence-electron chi connectivity index (χ3n) is 5.29. The number of ether oxygens (including phenoxy) is 2. The van der Waals surface area contributed by atoms with E-state index in [-0.39, 0.29) is 5.82 Å². The van der Waals surface area contributed by atoms with Gasteiger partial charge in [-0.25, -0.2) is 4.39 Å². The largest absolute Gasteiger partial charge is 0.454 e. The van der Waals surface area contributed by atoms with E-state index >= 15 is 0 Å². The average Bonchev–Trinajstić information content (AvgIpc) is 3.05. The van der Waals surface area contributed by atoms with Crippen molar-refractivity contribution in [1.82, 2.24) is 0 Å². The third kappa shape index (κ3) is 1.94. The fourth-order valence-electron chi connectivity index (χ4n) is 4.22. The molecule has 0 spiro atoms. The number of anilines is 1. The molecule has 3 aliphatic heterocycles. The second-order valence-corrected chi connectivity index (χ2v) is 6.51. The number of halogens is 1. The number of benzene rings is 2. The van der Waals surface area contributed by atoms with Gasteiger partial charge in [-0.3, -0.25) is 0 Å². The Kier molecular flexibility index (Phi) is 2.81. The molecule has 0 saturated heterocycles. The monoisotopic (exact) mass is 311 g/mol. The molecule has 3 nitrogen and oxygen atoms in total. The van der Waals surface area contributed by atoms with Crippen molar-refractivity contribution in [1.29, 1.82) is 0 Å². The van der Waals surface area contributed by atoms with E-state index in [9.17, 15) is 4.39 Å². The molecule has 0 aromatic heterocycles. The summed E-state index contributed by atoms with van der Waals surface area (Å²) in [6, 6.07) is 9.80. The molecule has 0 bridgehead atoms. The van der Waals surface area contributed by atoms with E-state index in [4.69, 9.17) is 9.47 Å². The fraction of sp³-hybridized carbons (Fsp3) is 0.368. The van der Waals surface area contributed by atoms with Crippen molar-refractivity contribution in [3.63, 3.8) is 0 Å². The van der Waals surface area contributed by atoms with E-state index in [0.29, 0.717) is 12.7 Å². The van der Waals surface area contributed by atoms with Crippen LogP contribution in [0.3, 0.4) is 0 Å². The van der Waals surface area contributed by atoms with Gasteiger partial charge in [0, 0.05) is 30.3 Å². The summed E-state index contributed by atoms with van der Waals surface area (Å²) >= 11 is 0. The van der Waals surface area contributed by atoms with Crippen molar-refractivity contribution < 1.29 is 13.9 Å². The number of fused-ring (bicyclic) bond motifs is 1. The zero-order chi connectivity index (χ0) is 15.4. The van der Waals surface area contributed by atoms with Crippen LogP contribution in [-0.4, -0.2) is 19.9 Å². The SMILES string of the molecule is Fc1ccc2c3c1CCCN3CCC2c1ccc2c(c1)OCO2. The van der Waals surface area contributed by atoms with Crippen molar-refractivity contribution in [3.8, 4) is 11.5 Å². The summed E-state index contributed by atoms with van der Waals surface area (Å²) in [6.07, 6.45) is 2.94. The van der Waals surface area contributed by atoms with Gasteiger partial charge in [-0.05, 0) is 48.6 Å². The van der Waals surface area contributed by atoms with Gasteiger partial charge in [-0.2, -0.15) is 0 Å². The molecule has 5 rings (SSSR count). The predicted molar refractivity (Wildman–Crippen MR) is 86.0 cm³/mol. The lowest BCUT2D eigenvalue weighted by atomic mass is 9.81. The number of rotatable bonds is 1. The van der Waals surface area contributed by atoms with Crippen molar-refractivity contribution >= 4 is 5.69 Å². The minimum Gasteiger partial charge on any atom is -0.454 e. The Bertz CT molecular complexity index is 789.